The van der Waals surface area contributed by atoms with Crippen molar-refractivity contribution >= 4 is 12.2 Å². The van der Waals surface area contributed by atoms with Gasteiger partial charge in [0.1, 0.15) is 11.6 Å². The summed E-state index contributed by atoms with van der Waals surface area (Å²) in [4.78, 5) is 24.7. The molecule has 5 heteroatoms. The summed E-state index contributed by atoms with van der Waals surface area (Å²) in [5.74, 6) is -0.176. The van der Waals surface area contributed by atoms with Crippen LogP contribution in [-0.2, 0) is 4.79 Å². The van der Waals surface area contributed by atoms with Crippen molar-refractivity contribution in [2.75, 3.05) is 13.7 Å². The second-order valence-corrected chi connectivity index (χ2v) is 5.18. The number of aldehydes is 1. The summed E-state index contributed by atoms with van der Waals surface area (Å²) in [5, 5.41) is 0. The Morgan fingerprint density at radius 1 is 1.22 bits per heavy atom. The molecule has 1 amide bonds. The minimum absolute atomic E-state index is 0.174. The highest BCUT2D eigenvalue weighted by atomic mass is 19.1. The van der Waals surface area contributed by atoms with Crippen molar-refractivity contribution in [3.8, 4) is 5.75 Å². The molecule has 0 spiro atoms. The van der Waals surface area contributed by atoms with E-state index in [0.717, 1.165) is 5.56 Å². The van der Waals surface area contributed by atoms with E-state index in [-0.39, 0.29) is 24.4 Å². The number of hydrogen-bond donors (Lipinski definition) is 0. The number of hydrogen-bond acceptors (Lipinski definition) is 3. The molecule has 1 atom stereocenters. The Kier molecular flexibility index (Phi) is 5.46. The van der Waals surface area contributed by atoms with Gasteiger partial charge in [0.15, 0.2) is 12.9 Å². The van der Waals surface area contributed by atoms with Gasteiger partial charge in [-0.3, -0.25) is 9.59 Å². The molecule has 2 rings (SSSR count). The van der Waals surface area contributed by atoms with E-state index in [1.165, 1.54) is 17.0 Å². The molecule has 0 fully saturated rings. The zero-order valence-electron chi connectivity index (χ0n) is 13.0. The fraction of sp³-hybridized carbons (Fsp3) is 0.222. The number of ether oxygens (including phenoxy) is 1. The highest BCUT2D eigenvalue weighted by Crippen LogP contribution is 2.20. The Labute approximate surface area is 134 Å². The summed E-state index contributed by atoms with van der Waals surface area (Å²) in [6.45, 7) is 1.68. The third-order valence-corrected chi connectivity index (χ3v) is 3.72. The lowest BCUT2D eigenvalue weighted by atomic mass is 10.1. The largest absolute Gasteiger partial charge is 0.483 e. The minimum atomic E-state index is -0.316. The summed E-state index contributed by atoms with van der Waals surface area (Å²) >= 11 is 0. The molecular formula is C18H18FNO3. The first kappa shape index (κ1) is 16.7. The fourth-order valence-electron chi connectivity index (χ4n) is 2.13. The fourth-order valence-corrected chi connectivity index (χ4v) is 2.13. The van der Waals surface area contributed by atoms with E-state index in [2.05, 4.69) is 0 Å². The topological polar surface area (TPSA) is 46.6 Å². The van der Waals surface area contributed by atoms with Gasteiger partial charge in [-0.1, -0.05) is 24.3 Å². The SMILES string of the molecule is CC(c1ccc(F)cc1)N(C)C(=O)COc1ccccc1C=O. The van der Waals surface area contributed by atoms with Gasteiger partial charge in [0.2, 0.25) is 0 Å². The number of nitrogens with zero attached hydrogens (tertiary/aromatic N) is 1. The van der Waals surface area contributed by atoms with Crippen molar-refractivity contribution in [2.24, 2.45) is 0 Å². The van der Waals surface area contributed by atoms with Gasteiger partial charge in [-0.05, 0) is 36.8 Å². The molecule has 23 heavy (non-hydrogen) atoms. The molecule has 0 N–H and O–H groups in total. The number of carbonyl (C=O) groups is 2. The van der Waals surface area contributed by atoms with Gasteiger partial charge in [-0.2, -0.15) is 0 Å². The van der Waals surface area contributed by atoms with Crippen LogP contribution in [0.3, 0.4) is 0 Å². The van der Waals surface area contributed by atoms with Crippen LogP contribution in [0.15, 0.2) is 48.5 Å². The lowest BCUT2D eigenvalue weighted by Crippen LogP contribution is -2.33. The maximum absolute atomic E-state index is 13.0. The quantitative estimate of drug-likeness (QED) is 0.769. The lowest BCUT2D eigenvalue weighted by molar-refractivity contribution is -0.134. The average molecular weight is 315 g/mol. The molecule has 2 aromatic carbocycles. The molecule has 0 heterocycles. The molecular weight excluding hydrogens is 297 g/mol. The predicted octanol–water partition coefficient (Wildman–Crippen LogP) is 3.24. The molecule has 0 aromatic heterocycles. The Bertz CT molecular complexity index is 685. The lowest BCUT2D eigenvalue weighted by Gasteiger charge is -2.25. The Balaban J connectivity index is 1.99. The first-order chi connectivity index (χ1) is 11.0. The number of halogens is 1. The maximum atomic E-state index is 13.0. The van der Waals surface area contributed by atoms with Gasteiger partial charge in [0.25, 0.3) is 5.91 Å². The summed E-state index contributed by atoms with van der Waals surface area (Å²) in [5.41, 5.74) is 1.23. The molecule has 1 unspecified atom stereocenters. The van der Waals surface area contributed by atoms with E-state index in [4.69, 9.17) is 4.74 Å². The summed E-state index contributed by atoms with van der Waals surface area (Å²) in [6, 6.07) is 12.5. The van der Waals surface area contributed by atoms with Crippen LogP contribution in [-0.4, -0.2) is 30.7 Å². The van der Waals surface area contributed by atoms with Crippen molar-refractivity contribution in [1.82, 2.24) is 4.90 Å². The van der Waals surface area contributed by atoms with Crippen LogP contribution in [0.4, 0.5) is 4.39 Å². The third-order valence-electron chi connectivity index (χ3n) is 3.72. The second kappa shape index (κ2) is 7.54. The minimum Gasteiger partial charge on any atom is -0.483 e. The normalized spacial score (nSPS) is 11.6. The highest BCUT2D eigenvalue weighted by molar-refractivity contribution is 5.81. The highest BCUT2D eigenvalue weighted by Gasteiger charge is 2.18. The van der Waals surface area contributed by atoms with Gasteiger partial charge in [0.05, 0.1) is 11.6 Å². The molecule has 120 valence electrons. The number of amides is 1. The third kappa shape index (κ3) is 4.16. The zero-order valence-corrected chi connectivity index (χ0v) is 13.0. The first-order valence-corrected chi connectivity index (χ1v) is 7.21. The Morgan fingerprint density at radius 3 is 2.52 bits per heavy atom. The van der Waals surface area contributed by atoms with E-state index in [1.54, 1.807) is 43.4 Å². The first-order valence-electron chi connectivity index (χ1n) is 7.21. The monoisotopic (exact) mass is 315 g/mol. The summed E-state index contributed by atoms with van der Waals surface area (Å²) < 4.78 is 18.4. The van der Waals surface area contributed by atoms with Crippen LogP contribution in [0, 0.1) is 5.82 Å². The van der Waals surface area contributed by atoms with Crippen molar-refractivity contribution < 1.29 is 18.7 Å². The molecule has 0 saturated carbocycles. The maximum Gasteiger partial charge on any atom is 0.260 e. The molecule has 0 aliphatic heterocycles. The van der Waals surface area contributed by atoms with Gasteiger partial charge in [-0.25, -0.2) is 4.39 Å². The van der Waals surface area contributed by atoms with Crippen molar-refractivity contribution in [1.29, 1.82) is 0 Å². The standard InChI is InChI=1S/C18H18FNO3/c1-13(14-7-9-16(19)10-8-14)20(2)18(22)12-23-17-6-4-3-5-15(17)11-21/h3-11,13H,12H2,1-2H3. The van der Waals surface area contributed by atoms with E-state index < -0.39 is 0 Å². The smallest absolute Gasteiger partial charge is 0.260 e. The number of carbonyl (C=O) groups excluding carboxylic acids is 2. The van der Waals surface area contributed by atoms with Crippen LogP contribution in [0.5, 0.6) is 5.75 Å². The van der Waals surface area contributed by atoms with E-state index in [0.29, 0.717) is 17.6 Å². The Morgan fingerprint density at radius 2 is 1.87 bits per heavy atom. The van der Waals surface area contributed by atoms with Gasteiger partial charge < -0.3 is 9.64 Å². The average Bonchev–Trinajstić information content (AvgIpc) is 2.59. The van der Waals surface area contributed by atoms with E-state index in [9.17, 15) is 14.0 Å². The van der Waals surface area contributed by atoms with Gasteiger partial charge in [0, 0.05) is 7.05 Å². The Hall–Kier alpha value is -2.69. The molecule has 0 aliphatic rings. The van der Waals surface area contributed by atoms with Crippen LogP contribution in [0.2, 0.25) is 0 Å². The molecule has 0 bridgehead atoms. The molecule has 0 saturated heterocycles. The van der Waals surface area contributed by atoms with Gasteiger partial charge in [-0.15, -0.1) is 0 Å². The van der Waals surface area contributed by atoms with Crippen molar-refractivity contribution in [3.63, 3.8) is 0 Å². The van der Waals surface area contributed by atoms with Gasteiger partial charge >= 0.3 is 0 Å². The van der Waals surface area contributed by atoms with Crippen LogP contribution in [0.1, 0.15) is 28.9 Å². The molecule has 0 aliphatic carbocycles. The zero-order chi connectivity index (χ0) is 16.8. The number of likely N-dealkylation sites (N-methyl/N-ethyl adjacent to an activating group) is 1. The summed E-state index contributed by atoms with van der Waals surface area (Å²) in [6.07, 6.45) is 0.685. The van der Waals surface area contributed by atoms with E-state index >= 15 is 0 Å². The number of benzene rings is 2. The molecule has 2 aromatic rings. The van der Waals surface area contributed by atoms with Crippen LogP contribution in [0.25, 0.3) is 0 Å². The summed E-state index contributed by atoms with van der Waals surface area (Å²) in [7, 11) is 1.66. The number of para-hydroxylation sites is 1. The predicted molar refractivity (Wildman–Crippen MR) is 84.9 cm³/mol. The van der Waals surface area contributed by atoms with Crippen LogP contribution < -0.4 is 4.74 Å². The van der Waals surface area contributed by atoms with Crippen molar-refractivity contribution in [3.05, 3.63) is 65.5 Å². The van der Waals surface area contributed by atoms with Crippen LogP contribution >= 0.6 is 0 Å². The van der Waals surface area contributed by atoms with Crippen molar-refractivity contribution in [2.45, 2.75) is 13.0 Å². The number of rotatable bonds is 6. The van der Waals surface area contributed by atoms with E-state index in [1.807, 2.05) is 6.92 Å². The molecule has 0 radical (unpaired) electrons. The molecule has 4 nitrogen and oxygen atoms in total. The second-order valence-electron chi connectivity index (χ2n) is 5.18.